The third-order valence-corrected chi connectivity index (χ3v) is 15.0. The van der Waals surface area contributed by atoms with Crippen LogP contribution in [-0.2, 0) is 16.1 Å². The number of benzene rings is 3. The number of rotatable bonds is 14. The third kappa shape index (κ3) is 12.3. The van der Waals surface area contributed by atoms with Gasteiger partial charge in [0.25, 0.3) is 11.8 Å². The molecule has 0 spiro atoms. The van der Waals surface area contributed by atoms with E-state index in [0.717, 1.165) is 127 Å². The fraction of sp³-hybridized carbons (Fsp3) is 0.500. The zero-order valence-corrected chi connectivity index (χ0v) is 41.9. The van der Waals surface area contributed by atoms with E-state index >= 15 is 0 Å². The van der Waals surface area contributed by atoms with Crippen LogP contribution in [0.2, 0.25) is 0 Å². The van der Waals surface area contributed by atoms with E-state index < -0.39 is 17.9 Å². The smallest absolute Gasteiger partial charge is 0.320 e. The van der Waals surface area contributed by atoms with Crippen molar-refractivity contribution in [1.29, 1.82) is 0 Å². The summed E-state index contributed by atoms with van der Waals surface area (Å²) in [7, 11) is 3.03. The van der Waals surface area contributed by atoms with Crippen molar-refractivity contribution in [3.63, 3.8) is 0 Å². The fourth-order valence-electron chi connectivity index (χ4n) is 10.9. The van der Waals surface area contributed by atoms with Gasteiger partial charge in [0.2, 0.25) is 5.91 Å². The number of anilines is 2. The number of amides is 5. The normalized spacial score (nSPS) is 18.4. The molecule has 4 aromatic rings. The van der Waals surface area contributed by atoms with Crippen molar-refractivity contribution in [1.82, 2.24) is 39.6 Å². The second-order valence-electron chi connectivity index (χ2n) is 19.4. The molecule has 1 atom stereocenters. The second-order valence-corrected chi connectivity index (χ2v) is 19.4. The number of primary amides is 1. The van der Waals surface area contributed by atoms with Crippen LogP contribution in [0.5, 0.6) is 11.5 Å². The lowest BCUT2D eigenvalue weighted by Crippen LogP contribution is -2.56. The molecule has 6 heterocycles. The zero-order valence-electron chi connectivity index (χ0n) is 41.9. The number of fused-ring (bicyclic) bond motifs is 1. The van der Waals surface area contributed by atoms with Gasteiger partial charge in [0.1, 0.15) is 40.9 Å². The number of nitrogens with one attached hydrogen (secondary N) is 2. The lowest BCUT2D eigenvalue weighted by atomic mass is 9.99. The number of nitrogens with two attached hydrogens (primary N) is 1. The summed E-state index contributed by atoms with van der Waals surface area (Å²) in [4.78, 5) is 87.0. The van der Waals surface area contributed by atoms with Gasteiger partial charge in [-0.15, -0.1) is 0 Å². The molecule has 4 N–H and O–H groups in total. The number of piperidine rings is 3. The van der Waals surface area contributed by atoms with Crippen molar-refractivity contribution in [3.8, 4) is 22.8 Å². The summed E-state index contributed by atoms with van der Waals surface area (Å²) in [6.45, 7) is 10.7. The molecular weight excluding hydrogens is 915 g/mol. The van der Waals surface area contributed by atoms with Gasteiger partial charge in [0.05, 0.1) is 5.56 Å². The molecule has 5 amide bonds. The van der Waals surface area contributed by atoms with E-state index in [0.29, 0.717) is 35.4 Å². The van der Waals surface area contributed by atoms with Crippen molar-refractivity contribution in [3.05, 3.63) is 89.5 Å². The van der Waals surface area contributed by atoms with Gasteiger partial charge in [-0.1, -0.05) is 24.6 Å². The van der Waals surface area contributed by atoms with Crippen LogP contribution in [0.1, 0.15) is 95.3 Å². The van der Waals surface area contributed by atoms with E-state index in [1.165, 1.54) is 51.3 Å². The molecule has 72 heavy (non-hydrogen) atoms. The minimum absolute atomic E-state index is 0.147. The highest BCUT2D eigenvalue weighted by Gasteiger charge is 2.34. The van der Waals surface area contributed by atoms with Crippen LogP contribution in [0, 0.1) is 0 Å². The monoisotopic (exact) mass is 986 g/mol. The van der Waals surface area contributed by atoms with Crippen LogP contribution < -0.4 is 26.0 Å². The number of nitrogens with zero attached hydrogens (tertiary/aromatic N) is 8. The Morgan fingerprint density at radius 2 is 1.40 bits per heavy atom. The van der Waals surface area contributed by atoms with Gasteiger partial charge < -0.3 is 50.4 Å². The molecule has 18 heteroatoms. The number of ether oxygens (including phenoxy) is 1. The molecule has 1 aromatic heterocycles. The minimum Gasteiger partial charge on any atom is -0.457 e. The Bertz CT molecular complexity index is 2490. The first kappa shape index (κ1) is 51.6. The number of likely N-dealkylation sites (N-methyl/N-ethyl adjacent to an activating group) is 2. The lowest BCUT2D eigenvalue weighted by Gasteiger charge is -2.45. The molecular formula is C54H71N11O7. The Morgan fingerprint density at radius 1 is 0.778 bits per heavy atom. The van der Waals surface area contributed by atoms with Crippen molar-refractivity contribution in [2.45, 2.75) is 88.9 Å². The molecule has 0 radical (unpaired) electrons. The molecule has 9 rings (SSSR count). The van der Waals surface area contributed by atoms with Crippen LogP contribution in [0.15, 0.2) is 72.8 Å². The van der Waals surface area contributed by atoms with Gasteiger partial charge in [-0.25, -0.2) is 9.48 Å². The number of hydrogen-bond acceptors (Lipinski definition) is 12. The van der Waals surface area contributed by atoms with Crippen molar-refractivity contribution >= 4 is 47.8 Å². The first-order chi connectivity index (χ1) is 35.1. The molecule has 0 aliphatic carbocycles. The molecule has 384 valence electrons. The van der Waals surface area contributed by atoms with E-state index in [4.69, 9.17) is 10.5 Å². The number of hydrogen-bond donors (Lipinski definition) is 3. The summed E-state index contributed by atoms with van der Waals surface area (Å²) in [5.41, 5.74) is 8.84. The quantitative estimate of drug-likeness (QED) is 0.133. The van der Waals surface area contributed by atoms with E-state index in [-0.39, 0.29) is 35.9 Å². The number of para-hydroxylation sites is 1. The maximum Gasteiger partial charge on any atom is 0.320 e. The summed E-state index contributed by atoms with van der Waals surface area (Å²) >= 11 is 0. The molecule has 18 nitrogen and oxygen atoms in total. The van der Waals surface area contributed by atoms with Gasteiger partial charge in [-0.05, 0) is 119 Å². The number of piperazine rings is 1. The number of aryl methyl sites for hydroxylation is 1. The van der Waals surface area contributed by atoms with Gasteiger partial charge in [-0.3, -0.25) is 24.1 Å². The molecule has 5 aliphatic rings. The standard InChI is InChI=1S/C35H53N7O5.C19H18N4O2/c1-36-33(45)32(7-6-24-43)37(2)34(46)31-25-30(9-8-27(31)26-44)40-22-20-39(21-23-40)29-12-18-42(19-13-29)35(47)41-16-10-28(11-17-41)38-14-4-3-5-15-38;20-18(24)16-17(22-23-12-4-11-21-19(16)23)13-7-9-15(10-8-13)25-14-5-2-1-3-6-14/h8-9,24-26,28-29,32H,3-7,10-23H2,1-2H3,(H,36,45);1-3,5-10,21H,4,11-12H2,(H2,20,24). The molecule has 4 saturated heterocycles. The molecule has 0 bridgehead atoms. The summed E-state index contributed by atoms with van der Waals surface area (Å²) in [6, 6.07) is 22.8. The fourth-order valence-corrected chi connectivity index (χ4v) is 10.9. The maximum atomic E-state index is 13.5. The Balaban J connectivity index is 0.000000231. The lowest BCUT2D eigenvalue weighted by molar-refractivity contribution is -0.125. The number of urea groups is 1. The number of aromatic nitrogens is 2. The first-order valence-corrected chi connectivity index (χ1v) is 25.8. The van der Waals surface area contributed by atoms with Crippen molar-refractivity contribution in [2.24, 2.45) is 5.73 Å². The van der Waals surface area contributed by atoms with Gasteiger partial charge in [0, 0.05) is 115 Å². The number of carbonyl (C=O) groups excluding carboxylic acids is 6. The van der Waals surface area contributed by atoms with Crippen LogP contribution in [0.25, 0.3) is 11.3 Å². The summed E-state index contributed by atoms with van der Waals surface area (Å²) in [5, 5.41) is 10.4. The number of aldehydes is 2. The first-order valence-electron chi connectivity index (χ1n) is 25.8. The Hall–Kier alpha value is -6.79. The average molecular weight is 986 g/mol. The summed E-state index contributed by atoms with van der Waals surface area (Å²) in [5.74, 6) is 0.937. The second kappa shape index (κ2) is 24.6. The highest BCUT2D eigenvalue weighted by Crippen LogP contribution is 2.33. The minimum atomic E-state index is -0.817. The van der Waals surface area contributed by atoms with Crippen molar-refractivity contribution in [2.75, 3.05) is 96.3 Å². The highest BCUT2D eigenvalue weighted by molar-refractivity contribution is 6.04. The van der Waals surface area contributed by atoms with E-state index in [1.54, 1.807) is 12.1 Å². The van der Waals surface area contributed by atoms with Crippen LogP contribution in [-0.4, -0.2) is 175 Å². The van der Waals surface area contributed by atoms with Gasteiger partial charge >= 0.3 is 6.03 Å². The van der Waals surface area contributed by atoms with Crippen LogP contribution in [0.4, 0.5) is 16.3 Å². The summed E-state index contributed by atoms with van der Waals surface area (Å²) < 4.78 is 7.61. The number of carbonyl (C=O) groups is 6. The number of likely N-dealkylation sites (tertiary alicyclic amines) is 3. The average Bonchev–Trinajstić information content (AvgIpc) is 3.84. The Morgan fingerprint density at radius 3 is 2.00 bits per heavy atom. The predicted octanol–water partition coefficient (Wildman–Crippen LogP) is 5.58. The molecule has 4 fully saturated rings. The van der Waals surface area contributed by atoms with Crippen LogP contribution >= 0.6 is 0 Å². The maximum absolute atomic E-state index is 13.5. The van der Waals surface area contributed by atoms with Gasteiger partial charge in [0.15, 0.2) is 6.29 Å². The Labute approximate surface area is 422 Å². The van der Waals surface area contributed by atoms with E-state index in [1.807, 2.05) is 65.3 Å². The Kier molecular flexibility index (Phi) is 17.6. The molecule has 3 aromatic carbocycles. The molecule has 1 unspecified atom stereocenters. The largest absolute Gasteiger partial charge is 0.457 e. The van der Waals surface area contributed by atoms with Crippen molar-refractivity contribution < 1.29 is 33.5 Å². The van der Waals surface area contributed by atoms with E-state index in [9.17, 15) is 28.8 Å². The topological polar surface area (TPSA) is 199 Å². The predicted molar refractivity (Wildman–Crippen MR) is 277 cm³/mol. The van der Waals surface area contributed by atoms with Crippen LogP contribution in [0.3, 0.4) is 0 Å². The zero-order chi connectivity index (χ0) is 50.6. The molecule has 5 aliphatic heterocycles. The SMILES string of the molecule is CNC(=O)C(CCC=O)N(C)C(=O)c1cc(N2CCN(C3CCN(C(=O)N4CCC(N5CCCCC5)CC4)CC3)CC2)ccc1C=O.NC(=O)c1c(-c2ccc(Oc3ccccc3)cc2)nn2c1NCCC2. The highest BCUT2D eigenvalue weighted by atomic mass is 16.5. The van der Waals surface area contributed by atoms with Gasteiger partial charge in [-0.2, -0.15) is 5.10 Å². The third-order valence-electron chi connectivity index (χ3n) is 15.0. The molecule has 0 saturated carbocycles. The van der Waals surface area contributed by atoms with E-state index in [2.05, 4.69) is 40.2 Å². The summed E-state index contributed by atoms with van der Waals surface area (Å²) in [6.07, 6.45) is 10.8.